The quantitative estimate of drug-likeness (QED) is 0.733. The van der Waals surface area contributed by atoms with E-state index in [-0.39, 0.29) is 24.4 Å². The summed E-state index contributed by atoms with van der Waals surface area (Å²) in [7, 11) is 0. The van der Waals surface area contributed by atoms with E-state index < -0.39 is 0 Å². The molecule has 154 valence electrons. The summed E-state index contributed by atoms with van der Waals surface area (Å²) in [4.78, 5) is 16.0. The van der Waals surface area contributed by atoms with Crippen LogP contribution >= 0.6 is 12.4 Å². The standard InChI is InChI=1S/C24H34N2O.ClH/c1-15-7-16(2)22(17(3)8-15)25-23(27)21-5-4-6-26(21)24-12-18-9-19(13-24)11-20(10-18)14-24;/h7-8,18-21H,4-6,9-14H2,1-3H3,(H,25,27);1H. The van der Waals surface area contributed by atoms with Crippen molar-refractivity contribution in [1.82, 2.24) is 4.90 Å². The van der Waals surface area contributed by atoms with E-state index in [0.717, 1.165) is 36.4 Å². The smallest absolute Gasteiger partial charge is 0.241 e. The number of benzene rings is 1. The van der Waals surface area contributed by atoms with Gasteiger partial charge in [0.15, 0.2) is 0 Å². The summed E-state index contributed by atoms with van der Waals surface area (Å²) >= 11 is 0. The van der Waals surface area contributed by atoms with E-state index in [2.05, 4.69) is 43.1 Å². The van der Waals surface area contributed by atoms with Crippen molar-refractivity contribution in [2.45, 2.75) is 83.7 Å². The first-order valence-corrected chi connectivity index (χ1v) is 11.1. The lowest BCUT2D eigenvalue weighted by Gasteiger charge is -2.60. The monoisotopic (exact) mass is 402 g/mol. The number of hydrogen-bond acceptors (Lipinski definition) is 2. The number of likely N-dealkylation sites (tertiary alicyclic amines) is 1. The first kappa shape index (κ1) is 20.2. The number of halogens is 1. The second kappa shape index (κ2) is 7.32. The highest BCUT2D eigenvalue weighted by atomic mass is 35.5. The van der Waals surface area contributed by atoms with Gasteiger partial charge >= 0.3 is 0 Å². The van der Waals surface area contributed by atoms with Gasteiger partial charge in [-0.05, 0) is 108 Å². The Labute approximate surface area is 176 Å². The third kappa shape index (κ3) is 3.29. The number of carbonyl (C=O) groups excluding carboxylic acids is 1. The van der Waals surface area contributed by atoms with E-state index in [1.165, 1.54) is 61.6 Å². The van der Waals surface area contributed by atoms with E-state index in [9.17, 15) is 4.79 Å². The zero-order chi connectivity index (χ0) is 18.8. The van der Waals surface area contributed by atoms with Crippen LogP contribution in [-0.2, 0) is 4.79 Å². The minimum absolute atomic E-state index is 0. The van der Waals surface area contributed by atoms with Crippen LogP contribution in [0.25, 0.3) is 0 Å². The van der Waals surface area contributed by atoms with E-state index in [1.54, 1.807) is 0 Å². The number of carbonyl (C=O) groups is 1. The Bertz CT molecular complexity index is 716. The van der Waals surface area contributed by atoms with Crippen molar-refractivity contribution in [3.05, 3.63) is 28.8 Å². The average molecular weight is 403 g/mol. The molecule has 0 aromatic heterocycles. The Balaban J connectivity index is 0.00000192. The zero-order valence-electron chi connectivity index (χ0n) is 17.6. The summed E-state index contributed by atoms with van der Waals surface area (Å²) in [5.74, 6) is 3.03. The molecule has 3 nitrogen and oxygen atoms in total. The van der Waals surface area contributed by atoms with Crippen molar-refractivity contribution >= 4 is 24.0 Å². The summed E-state index contributed by atoms with van der Waals surface area (Å²) < 4.78 is 0. The van der Waals surface area contributed by atoms with Crippen molar-refractivity contribution in [2.75, 3.05) is 11.9 Å². The van der Waals surface area contributed by atoms with Crippen molar-refractivity contribution in [1.29, 1.82) is 0 Å². The molecule has 1 aromatic carbocycles. The van der Waals surface area contributed by atoms with Crippen molar-refractivity contribution in [3.8, 4) is 0 Å². The predicted molar refractivity (Wildman–Crippen MR) is 117 cm³/mol. The molecule has 1 aromatic rings. The molecule has 1 amide bonds. The minimum Gasteiger partial charge on any atom is -0.324 e. The van der Waals surface area contributed by atoms with Gasteiger partial charge in [-0.15, -0.1) is 12.4 Å². The molecular formula is C24H35ClN2O. The maximum absolute atomic E-state index is 13.4. The number of hydrogen-bond donors (Lipinski definition) is 1. The summed E-state index contributed by atoms with van der Waals surface area (Å²) in [6.45, 7) is 7.47. The van der Waals surface area contributed by atoms with Crippen LogP contribution in [-0.4, -0.2) is 28.9 Å². The summed E-state index contributed by atoms with van der Waals surface area (Å²) in [5.41, 5.74) is 4.99. The highest BCUT2D eigenvalue weighted by Gasteiger charge is 2.56. The zero-order valence-corrected chi connectivity index (χ0v) is 18.4. The average Bonchev–Trinajstić information content (AvgIpc) is 3.07. The fraction of sp³-hybridized carbons (Fsp3) is 0.708. The number of anilines is 1. The first-order chi connectivity index (χ1) is 12.9. The van der Waals surface area contributed by atoms with Crippen LogP contribution in [0.5, 0.6) is 0 Å². The molecule has 1 N–H and O–H groups in total. The molecule has 4 saturated carbocycles. The summed E-state index contributed by atoms with van der Waals surface area (Å²) in [6.07, 6.45) is 10.6. The fourth-order valence-corrected chi connectivity index (χ4v) is 7.61. The van der Waals surface area contributed by atoms with Crippen molar-refractivity contribution in [3.63, 3.8) is 0 Å². The lowest BCUT2D eigenvalue weighted by Crippen LogP contribution is -2.62. The van der Waals surface area contributed by atoms with Crippen LogP contribution in [0.3, 0.4) is 0 Å². The van der Waals surface area contributed by atoms with Crippen LogP contribution in [0, 0.1) is 38.5 Å². The largest absolute Gasteiger partial charge is 0.324 e. The van der Waals surface area contributed by atoms with E-state index in [1.807, 2.05) is 0 Å². The fourth-order valence-electron chi connectivity index (χ4n) is 7.61. The third-order valence-electron chi connectivity index (χ3n) is 8.10. The van der Waals surface area contributed by atoms with E-state index >= 15 is 0 Å². The third-order valence-corrected chi connectivity index (χ3v) is 8.10. The number of amides is 1. The predicted octanol–water partition coefficient (Wildman–Crippen LogP) is 5.41. The molecule has 0 radical (unpaired) electrons. The maximum atomic E-state index is 13.4. The SMILES string of the molecule is Cc1cc(C)c(NC(=O)C2CCCN2C23CC4CC(CC(C4)C2)C3)c(C)c1.Cl. The summed E-state index contributed by atoms with van der Waals surface area (Å²) in [5, 5.41) is 3.33. The van der Waals surface area contributed by atoms with Crippen LogP contribution < -0.4 is 5.32 Å². The van der Waals surface area contributed by atoms with Crippen LogP contribution in [0.1, 0.15) is 68.1 Å². The van der Waals surface area contributed by atoms with Gasteiger partial charge in [-0.2, -0.15) is 0 Å². The minimum atomic E-state index is 0. The molecule has 28 heavy (non-hydrogen) atoms. The van der Waals surface area contributed by atoms with Crippen LogP contribution in [0.15, 0.2) is 12.1 Å². The van der Waals surface area contributed by atoms with Gasteiger partial charge in [0.05, 0.1) is 6.04 Å². The molecule has 1 atom stereocenters. The Morgan fingerprint density at radius 1 is 1.00 bits per heavy atom. The Kier molecular flexibility index (Phi) is 5.29. The number of nitrogens with one attached hydrogen (secondary N) is 1. The molecule has 0 spiro atoms. The summed E-state index contributed by atoms with van der Waals surface area (Å²) in [6, 6.07) is 4.42. The highest BCUT2D eigenvalue weighted by molar-refractivity contribution is 5.96. The van der Waals surface area contributed by atoms with Gasteiger partial charge in [-0.25, -0.2) is 0 Å². The number of rotatable bonds is 3. The van der Waals surface area contributed by atoms with Crippen molar-refractivity contribution in [2.24, 2.45) is 17.8 Å². The molecule has 4 heteroatoms. The number of aryl methyl sites for hydroxylation is 3. The molecule has 1 aliphatic heterocycles. The van der Waals surface area contributed by atoms with E-state index in [4.69, 9.17) is 0 Å². The van der Waals surface area contributed by atoms with Gasteiger partial charge in [0.25, 0.3) is 0 Å². The Morgan fingerprint density at radius 3 is 2.07 bits per heavy atom. The Hall–Kier alpha value is -1.06. The van der Waals surface area contributed by atoms with Crippen molar-refractivity contribution < 1.29 is 4.79 Å². The number of nitrogens with zero attached hydrogens (tertiary/aromatic N) is 1. The topological polar surface area (TPSA) is 32.3 Å². The Morgan fingerprint density at radius 2 is 1.54 bits per heavy atom. The van der Waals surface area contributed by atoms with Gasteiger partial charge in [0.1, 0.15) is 0 Å². The molecule has 4 bridgehead atoms. The molecule has 1 unspecified atom stereocenters. The van der Waals surface area contributed by atoms with Crippen LogP contribution in [0.4, 0.5) is 5.69 Å². The van der Waals surface area contributed by atoms with Crippen LogP contribution in [0.2, 0.25) is 0 Å². The molecular weight excluding hydrogens is 368 g/mol. The van der Waals surface area contributed by atoms with E-state index in [0.29, 0.717) is 5.54 Å². The van der Waals surface area contributed by atoms with Gasteiger partial charge in [-0.1, -0.05) is 17.7 Å². The lowest BCUT2D eigenvalue weighted by atomic mass is 9.52. The van der Waals surface area contributed by atoms with Gasteiger partial charge in [0.2, 0.25) is 5.91 Å². The molecule has 5 fully saturated rings. The molecule has 5 aliphatic rings. The van der Waals surface area contributed by atoms with Gasteiger partial charge < -0.3 is 5.32 Å². The second-order valence-electron chi connectivity index (χ2n) is 10.3. The molecule has 4 aliphatic carbocycles. The lowest BCUT2D eigenvalue weighted by molar-refractivity contribution is -0.131. The molecule has 1 saturated heterocycles. The molecule has 1 heterocycles. The highest BCUT2D eigenvalue weighted by Crippen LogP contribution is 2.58. The molecule has 6 rings (SSSR count). The normalized spacial score (nSPS) is 36.4. The first-order valence-electron chi connectivity index (χ1n) is 11.1. The van der Waals surface area contributed by atoms with Gasteiger partial charge in [0, 0.05) is 11.2 Å². The maximum Gasteiger partial charge on any atom is 0.241 e. The second-order valence-corrected chi connectivity index (χ2v) is 10.3. The van der Waals surface area contributed by atoms with Gasteiger partial charge in [-0.3, -0.25) is 9.69 Å².